The number of aromatic nitrogens is 2. The maximum Gasteiger partial charge on any atom is 0.116 e. The second-order valence-electron chi connectivity index (χ2n) is 4.07. The first-order chi connectivity index (χ1) is 5.47. The molecule has 2 nitrogen and oxygen atoms in total. The highest BCUT2D eigenvalue weighted by Gasteiger charge is 2.12. The molecule has 0 aliphatic rings. The first-order valence-electron chi connectivity index (χ1n) is 3.94. The maximum atomic E-state index is 4.18. The first kappa shape index (κ1) is 9.65. The van der Waals surface area contributed by atoms with Crippen LogP contribution in [0.3, 0.4) is 0 Å². The van der Waals surface area contributed by atoms with Gasteiger partial charge in [0.15, 0.2) is 0 Å². The van der Waals surface area contributed by atoms with Gasteiger partial charge >= 0.3 is 0 Å². The van der Waals surface area contributed by atoms with E-state index in [1.54, 1.807) is 6.33 Å². The summed E-state index contributed by atoms with van der Waals surface area (Å²) in [6, 6.07) is 1.96. The molecule has 0 N–H and O–H groups in total. The monoisotopic (exact) mass is 228 g/mol. The van der Waals surface area contributed by atoms with Crippen molar-refractivity contribution in [3.63, 3.8) is 0 Å². The average Bonchev–Trinajstić information content (AvgIpc) is 1.82. The molecule has 3 heteroatoms. The lowest BCUT2D eigenvalue weighted by Crippen LogP contribution is -2.10. The average molecular weight is 229 g/mol. The number of nitrogens with zero attached hydrogens (tertiary/aromatic N) is 2. The molecular formula is C9H13BrN2. The summed E-state index contributed by atoms with van der Waals surface area (Å²) in [7, 11) is 0. The molecule has 66 valence electrons. The smallest absolute Gasteiger partial charge is 0.116 e. The first-order valence-corrected chi connectivity index (χ1v) is 4.73. The van der Waals surface area contributed by atoms with Gasteiger partial charge in [0.05, 0.1) is 0 Å². The highest BCUT2D eigenvalue weighted by molar-refractivity contribution is 9.10. The van der Waals surface area contributed by atoms with Crippen LogP contribution in [-0.2, 0) is 6.42 Å². The Labute approximate surface area is 81.6 Å². The second-order valence-corrected chi connectivity index (χ2v) is 4.88. The van der Waals surface area contributed by atoms with Crippen molar-refractivity contribution in [3.05, 3.63) is 22.7 Å². The lowest BCUT2D eigenvalue weighted by molar-refractivity contribution is 0.406. The maximum absolute atomic E-state index is 4.18. The van der Waals surface area contributed by atoms with E-state index in [-0.39, 0.29) is 5.41 Å². The Morgan fingerprint density at radius 1 is 1.33 bits per heavy atom. The molecule has 0 fully saturated rings. The van der Waals surface area contributed by atoms with Crippen LogP contribution in [0.5, 0.6) is 0 Å². The third-order valence-electron chi connectivity index (χ3n) is 1.40. The van der Waals surface area contributed by atoms with Gasteiger partial charge in [-0.3, -0.25) is 0 Å². The van der Waals surface area contributed by atoms with Gasteiger partial charge in [-0.15, -0.1) is 0 Å². The van der Waals surface area contributed by atoms with Crippen LogP contribution in [-0.4, -0.2) is 9.97 Å². The van der Waals surface area contributed by atoms with Gasteiger partial charge in [0.2, 0.25) is 0 Å². The van der Waals surface area contributed by atoms with Gasteiger partial charge < -0.3 is 0 Å². The fourth-order valence-electron chi connectivity index (χ4n) is 1.01. The van der Waals surface area contributed by atoms with Crippen LogP contribution in [0.2, 0.25) is 0 Å². The molecule has 0 saturated carbocycles. The summed E-state index contributed by atoms with van der Waals surface area (Å²) in [5.74, 6) is 0. The SMILES string of the molecule is CC(C)(C)Cc1cc(Br)ncn1. The zero-order valence-corrected chi connectivity index (χ0v) is 9.22. The fourth-order valence-corrected chi connectivity index (χ4v) is 1.37. The lowest BCUT2D eigenvalue weighted by Gasteiger charge is -2.16. The molecule has 0 aromatic carbocycles. The molecule has 0 atom stereocenters. The van der Waals surface area contributed by atoms with Crippen LogP contribution in [0.25, 0.3) is 0 Å². The third-order valence-corrected chi connectivity index (χ3v) is 1.84. The predicted molar refractivity (Wildman–Crippen MR) is 52.9 cm³/mol. The zero-order valence-electron chi connectivity index (χ0n) is 7.63. The van der Waals surface area contributed by atoms with Crippen LogP contribution >= 0.6 is 15.9 Å². The van der Waals surface area contributed by atoms with Crippen LogP contribution in [0.4, 0.5) is 0 Å². The van der Waals surface area contributed by atoms with E-state index in [4.69, 9.17) is 0 Å². The summed E-state index contributed by atoms with van der Waals surface area (Å²) in [6.07, 6.45) is 2.57. The summed E-state index contributed by atoms with van der Waals surface area (Å²) < 4.78 is 0.858. The van der Waals surface area contributed by atoms with Crippen molar-refractivity contribution in [3.8, 4) is 0 Å². The topological polar surface area (TPSA) is 25.8 Å². The summed E-state index contributed by atoms with van der Waals surface area (Å²) in [4.78, 5) is 8.16. The van der Waals surface area contributed by atoms with Crippen molar-refractivity contribution in [2.24, 2.45) is 5.41 Å². The molecule has 0 bridgehead atoms. The van der Waals surface area contributed by atoms with Crippen LogP contribution < -0.4 is 0 Å². The van der Waals surface area contributed by atoms with E-state index >= 15 is 0 Å². The van der Waals surface area contributed by atoms with Crippen molar-refractivity contribution in [1.29, 1.82) is 0 Å². The van der Waals surface area contributed by atoms with Gasteiger partial charge in [-0.1, -0.05) is 20.8 Å². The van der Waals surface area contributed by atoms with Crippen molar-refractivity contribution < 1.29 is 0 Å². The molecule has 0 saturated heterocycles. The summed E-state index contributed by atoms with van der Waals surface area (Å²) in [5, 5.41) is 0. The van der Waals surface area contributed by atoms with Crippen LogP contribution in [0, 0.1) is 5.41 Å². The summed E-state index contributed by atoms with van der Waals surface area (Å²) in [6.45, 7) is 6.59. The van der Waals surface area contributed by atoms with Gasteiger partial charge in [0.1, 0.15) is 10.9 Å². The van der Waals surface area contributed by atoms with Gasteiger partial charge in [-0.2, -0.15) is 0 Å². The van der Waals surface area contributed by atoms with Crippen molar-refractivity contribution in [1.82, 2.24) is 9.97 Å². The minimum atomic E-state index is 0.286. The molecule has 0 amide bonds. The molecule has 1 aromatic rings. The van der Waals surface area contributed by atoms with Crippen LogP contribution in [0.1, 0.15) is 26.5 Å². The van der Waals surface area contributed by atoms with E-state index in [1.165, 1.54) is 0 Å². The Morgan fingerprint density at radius 3 is 2.50 bits per heavy atom. The van der Waals surface area contributed by atoms with E-state index in [2.05, 4.69) is 46.7 Å². The van der Waals surface area contributed by atoms with Gasteiger partial charge in [0.25, 0.3) is 0 Å². The molecule has 12 heavy (non-hydrogen) atoms. The highest BCUT2D eigenvalue weighted by Crippen LogP contribution is 2.19. The molecule has 1 rings (SSSR count). The van der Waals surface area contributed by atoms with E-state index in [0.717, 1.165) is 16.7 Å². The minimum absolute atomic E-state index is 0.286. The van der Waals surface area contributed by atoms with Gasteiger partial charge in [0, 0.05) is 5.69 Å². The molecule has 0 aliphatic carbocycles. The Balaban J connectivity index is 2.77. The Hall–Kier alpha value is -0.440. The predicted octanol–water partition coefficient (Wildman–Crippen LogP) is 2.83. The fraction of sp³-hybridized carbons (Fsp3) is 0.556. The number of hydrogen-bond donors (Lipinski definition) is 0. The van der Waals surface area contributed by atoms with Crippen molar-refractivity contribution in [2.45, 2.75) is 27.2 Å². The second kappa shape index (κ2) is 3.52. The van der Waals surface area contributed by atoms with Crippen molar-refractivity contribution in [2.75, 3.05) is 0 Å². The van der Waals surface area contributed by atoms with E-state index in [9.17, 15) is 0 Å². The molecular weight excluding hydrogens is 216 g/mol. The number of rotatable bonds is 1. The Bertz CT molecular complexity index is 265. The third kappa shape index (κ3) is 3.30. The van der Waals surface area contributed by atoms with Crippen LogP contribution in [0.15, 0.2) is 17.0 Å². The van der Waals surface area contributed by atoms with Crippen molar-refractivity contribution >= 4 is 15.9 Å². The van der Waals surface area contributed by atoms with Gasteiger partial charge in [-0.05, 0) is 33.8 Å². The Morgan fingerprint density at radius 2 is 2.00 bits per heavy atom. The molecule has 0 aliphatic heterocycles. The lowest BCUT2D eigenvalue weighted by atomic mass is 9.90. The van der Waals surface area contributed by atoms with Gasteiger partial charge in [-0.25, -0.2) is 9.97 Å². The summed E-state index contributed by atoms with van der Waals surface area (Å²) >= 11 is 3.32. The van der Waals surface area contributed by atoms with E-state index in [1.807, 2.05) is 6.07 Å². The molecule has 0 spiro atoms. The highest BCUT2D eigenvalue weighted by atomic mass is 79.9. The standard InChI is InChI=1S/C9H13BrN2/c1-9(2,3)5-7-4-8(10)12-6-11-7/h4,6H,5H2,1-3H3. The molecule has 0 unspecified atom stereocenters. The number of hydrogen-bond acceptors (Lipinski definition) is 2. The molecule has 1 heterocycles. The summed E-state index contributed by atoms with van der Waals surface area (Å²) in [5.41, 5.74) is 1.37. The minimum Gasteiger partial charge on any atom is -0.241 e. The van der Waals surface area contributed by atoms with E-state index < -0.39 is 0 Å². The quantitative estimate of drug-likeness (QED) is 0.692. The number of halogens is 1. The van der Waals surface area contributed by atoms with E-state index in [0.29, 0.717) is 0 Å². The largest absolute Gasteiger partial charge is 0.241 e. The zero-order chi connectivity index (χ0) is 9.19. The molecule has 0 radical (unpaired) electrons. The Kier molecular flexibility index (Phi) is 2.83. The molecule has 1 aromatic heterocycles. The normalized spacial score (nSPS) is 11.7.